The monoisotopic (exact) mass is 326 g/mol. The molecule has 0 bridgehead atoms. The van der Waals surface area contributed by atoms with Crippen LogP contribution in [0, 0.1) is 0 Å². The molecule has 0 aliphatic heterocycles. The lowest BCUT2D eigenvalue weighted by molar-refractivity contribution is 0.219. The Morgan fingerprint density at radius 2 is 1.89 bits per heavy atom. The molecule has 2 aromatic carbocycles. The number of benzene rings is 2. The second-order valence-corrected chi connectivity index (χ2v) is 5.11. The van der Waals surface area contributed by atoms with Gasteiger partial charge < -0.3 is 9.84 Å². The molecular weight excluding hydrogens is 316 g/mol. The van der Waals surface area contributed by atoms with Gasteiger partial charge in [0.15, 0.2) is 0 Å². The molecule has 2 nitrogen and oxygen atoms in total. The first kappa shape index (κ1) is 13.4. The second kappa shape index (κ2) is 5.74. The minimum absolute atomic E-state index is 0.622. The fraction of sp³-hybridized carbons (Fsp3) is 0.143. The molecule has 18 heavy (non-hydrogen) atoms. The SMILES string of the molecule is COc1cccc(C(O)c2ccc(Cl)c(Br)c2)c1. The number of ether oxygens (including phenoxy) is 1. The highest BCUT2D eigenvalue weighted by molar-refractivity contribution is 9.10. The summed E-state index contributed by atoms with van der Waals surface area (Å²) in [7, 11) is 1.60. The summed E-state index contributed by atoms with van der Waals surface area (Å²) in [5.74, 6) is 0.722. The lowest BCUT2D eigenvalue weighted by Gasteiger charge is -2.13. The average molecular weight is 328 g/mol. The number of hydrogen-bond donors (Lipinski definition) is 1. The van der Waals surface area contributed by atoms with E-state index in [4.69, 9.17) is 16.3 Å². The van der Waals surface area contributed by atoms with Crippen LogP contribution in [0.3, 0.4) is 0 Å². The number of halogens is 2. The molecule has 1 unspecified atom stereocenters. The van der Waals surface area contributed by atoms with Gasteiger partial charge in [0.05, 0.1) is 12.1 Å². The van der Waals surface area contributed by atoms with Gasteiger partial charge in [-0.15, -0.1) is 0 Å². The molecule has 0 saturated carbocycles. The van der Waals surface area contributed by atoms with Crippen molar-refractivity contribution in [1.29, 1.82) is 0 Å². The number of hydrogen-bond acceptors (Lipinski definition) is 2. The van der Waals surface area contributed by atoms with Gasteiger partial charge in [0.25, 0.3) is 0 Å². The van der Waals surface area contributed by atoms with Crippen LogP contribution in [0.4, 0.5) is 0 Å². The molecule has 0 amide bonds. The van der Waals surface area contributed by atoms with Crippen molar-refractivity contribution in [3.63, 3.8) is 0 Å². The van der Waals surface area contributed by atoms with E-state index in [0.29, 0.717) is 5.02 Å². The maximum absolute atomic E-state index is 10.3. The van der Waals surface area contributed by atoms with Crippen LogP contribution in [0.2, 0.25) is 5.02 Å². The molecule has 0 aromatic heterocycles. The van der Waals surface area contributed by atoms with Crippen molar-refractivity contribution in [3.05, 3.63) is 63.1 Å². The predicted molar refractivity (Wildman–Crippen MR) is 76.2 cm³/mol. The van der Waals surface area contributed by atoms with Gasteiger partial charge >= 0.3 is 0 Å². The number of methoxy groups -OCH3 is 1. The van der Waals surface area contributed by atoms with E-state index in [1.807, 2.05) is 30.3 Å². The van der Waals surface area contributed by atoms with E-state index in [0.717, 1.165) is 21.3 Å². The van der Waals surface area contributed by atoms with Crippen LogP contribution >= 0.6 is 27.5 Å². The molecule has 1 N–H and O–H groups in total. The summed E-state index contributed by atoms with van der Waals surface area (Å²) in [5.41, 5.74) is 1.56. The Labute approximate surface area is 119 Å². The van der Waals surface area contributed by atoms with E-state index in [9.17, 15) is 5.11 Å². The highest BCUT2D eigenvalue weighted by Gasteiger charge is 2.12. The largest absolute Gasteiger partial charge is 0.497 e. The third-order valence-electron chi connectivity index (χ3n) is 2.67. The zero-order valence-corrected chi connectivity index (χ0v) is 12.1. The van der Waals surface area contributed by atoms with Crippen LogP contribution in [-0.4, -0.2) is 12.2 Å². The summed E-state index contributed by atoms with van der Waals surface area (Å²) in [6.45, 7) is 0. The molecule has 0 aliphatic carbocycles. The molecule has 0 saturated heterocycles. The van der Waals surface area contributed by atoms with E-state index in [-0.39, 0.29) is 0 Å². The van der Waals surface area contributed by atoms with Gasteiger partial charge in [-0.2, -0.15) is 0 Å². The molecule has 1 atom stereocenters. The van der Waals surface area contributed by atoms with Crippen molar-refractivity contribution in [2.75, 3.05) is 7.11 Å². The van der Waals surface area contributed by atoms with Gasteiger partial charge in [0.2, 0.25) is 0 Å². The Morgan fingerprint density at radius 1 is 1.17 bits per heavy atom. The Bertz CT molecular complexity index is 557. The van der Waals surface area contributed by atoms with Crippen LogP contribution < -0.4 is 4.74 Å². The lowest BCUT2D eigenvalue weighted by Crippen LogP contribution is -2.00. The summed E-state index contributed by atoms with van der Waals surface area (Å²) >= 11 is 9.28. The van der Waals surface area contributed by atoms with E-state index in [1.54, 1.807) is 19.2 Å². The lowest BCUT2D eigenvalue weighted by atomic mass is 10.0. The molecule has 4 heteroatoms. The first-order valence-corrected chi connectivity index (χ1v) is 6.56. The first-order valence-electron chi connectivity index (χ1n) is 5.39. The molecule has 2 rings (SSSR count). The minimum atomic E-state index is -0.700. The molecule has 0 heterocycles. The Hall–Kier alpha value is -1.03. The van der Waals surface area contributed by atoms with Crippen LogP contribution in [0.1, 0.15) is 17.2 Å². The molecule has 0 aliphatic rings. The summed E-state index contributed by atoms with van der Waals surface area (Å²) in [5, 5.41) is 10.9. The fourth-order valence-corrected chi connectivity index (χ4v) is 2.20. The summed E-state index contributed by atoms with van der Waals surface area (Å²) in [4.78, 5) is 0. The van der Waals surface area contributed by atoms with Gasteiger partial charge in [-0.3, -0.25) is 0 Å². The van der Waals surface area contributed by atoms with Crippen molar-refractivity contribution in [1.82, 2.24) is 0 Å². The molecule has 0 spiro atoms. The topological polar surface area (TPSA) is 29.5 Å². The summed E-state index contributed by atoms with van der Waals surface area (Å²) < 4.78 is 5.91. The Morgan fingerprint density at radius 3 is 2.56 bits per heavy atom. The predicted octanol–water partition coefficient (Wildman–Crippen LogP) is 4.19. The van der Waals surface area contributed by atoms with Gasteiger partial charge in [0.1, 0.15) is 11.9 Å². The minimum Gasteiger partial charge on any atom is -0.497 e. The third-order valence-corrected chi connectivity index (χ3v) is 3.88. The van der Waals surface area contributed by atoms with Crippen molar-refractivity contribution < 1.29 is 9.84 Å². The van der Waals surface area contributed by atoms with Crippen LogP contribution in [0.15, 0.2) is 46.9 Å². The van der Waals surface area contributed by atoms with Crippen LogP contribution in [-0.2, 0) is 0 Å². The van der Waals surface area contributed by atoms with Crippen molar-refractivity contribution in [2.45, 2.75) is 6.10 Å². The van der Waals surface area contributed by atoms with Gasteiger partial charge in [-0.1, -0.05) is 29.8 Å². The summed E-state index contributed by atoms with van der Waals surface area (Å²) in [6.07, 6.45) is -0.700. The third kappa shape index (κ3) is 2.86. The Kier molecular flexibility index (Phi) is 4.27. The van der Waals surface area contributed by atoms with E-state index in [2.05, 4.69) is 15.9 Å². The van der Waals surface area contributed by atoms with Crippen molar-refractivity contribution in [3.8, 4) is 5.75 Å². The van der Waals surface area contributed by atoms with Crippen LogP contribution in [0.25, 0.3) is 0 Å². The zero-order valence-electron chi connectivity index (χ0n) is 9.73. The highest BCUT2D eigenvalue weighted by Crippen LogP contribution is 2.30. The molecular formula is C14H12BrClO2. The normalized spacial score (nSPS) is 12.2. The highest BCUT2D eigenvalue weighted by atomic mass is 79.9. The maximum atomic E-state index is 10.3. The van der Waals surface area contributed by atoms with E-state index >= 15 is 0 Å². The fourth-order valence-electron chi connectivity index (χ4n) is 1.69. The quantitative estimate of drug-likeness (QED) is 0.916. The van der Waals surface area contributed by atoms with Gasteiger partial charge in [-0.25, -0.2) is 0 Å². The van der Waals surface area contributed by atoms with Gasteiger partial charge in [0, 0.05) is 4.47 Å². The zero-order chi connectivity index (χ0) is 13.1. The Balaban J connectivity index is 2.34. The smallest absolute Gasteiger partial charge is 0.119 e. The van der Waals surface area contributed by atoms with Crippen LogP contribution in [0.5, 0.6) is 5.75 Å². The van der Waals surface area contributed by atoms with E-state index < -0.39 is 6.10 Å². The maximum Gasteiger partial charge on any atom is 0.119 e. The standard InChI is InChI=1S/C14H12BrClO2/c1-18-11-4-2-3-9(7-11)14(17)10-5-6-13(16)12(15)8-10/h2-8,14,17H,1H3. The summed E-state index contributed by atoms with van der Waals surface area (Å²) in [6, 6.07) is 12.7. The second-order valence-electron chi connectivity index (χ2n) is 3.85. The number of aliphatic hydroxyl groups excluding tert-OH is 1. The van der Waals surface area contributed by atoms with Gasteiger partial charge in [-0.05, 0) is 51.3 Å². The van der Waals surface area contributed by atoms with Crippen molar-refractivity contribution >= 4 is 27.5 Å². The number of aliphatic hydroxyl groups is 1. The number of rotatable bonds is 3. The van der Waals surface area contributed by atoms with Crippen molar-refractivity contribution in [2.24, 2.45) is 0 Å². The van der Waals surface area contributed by atoms with E-state index in [1.165, 1.54) is 0 Å². The average Bonchev–Trinajstić information content (AvgIpc) is 2.41. The first-order chi connectivity index (χ1) is 8.61. The molecule has 94 valence electrons. The molecule has 2 aromatic rings. The molecule has 0 fully saturated rings. The molecule has 0 radical (unpaired) electrons.